The first-order valence-corrected chi connectivity index (χ1v) is 15.3. The zero-order valence-corrected chi connectivity index (χ0v) is 27.1. The number of rotatable bonds is 11. The molecule has 1 heterocycles. The molecule has 1 aliphatic heterocycles. The molecule has 1 aromatic carbocycles. The van der Waals surface area contributed by atoms with Gasteiger partial charge in [-0.25, -0.2) is 14.0 Å². The van der Waals surface area contributed by atoms with Crippen LogP contribution >= 0.6 is 0 Å². The summed E-state index contributed by atoms with van der Waals surface area (Å²) in [4.78, 5) is 38.1. The Kier molecular flexibility index (Phi) is 11.6. The highest BCUT2D eigenvalue weighted by Gasteiger charge is 2.51. The molecular weight excluding hydrogens is 557 g/mol. The van der Waals surface area contributed by atoms with Crippen LogP contribution in [0.25, 0.3) is 0 Å². The second-order valence-corrected chi connectivity index (χ2v) is 14.1. The van der Waals surface area contributed by atoms with Crippen molar-refractivity contribution in [2.75, 3.05) is 26.4 Å². The third kappa shape index (κ3) is 9.89. The van der Waals surface area contributed by atoms with Crippen LogP contribution in [0.2, 0.25) is 0 Å². The summed E-state index contributed by atoms with van der Waals surface area (Å²) < 4.78 is 43.9. The maximum absolute atomic E-state index is 15.1. The molecular formula is C33H50FNO8. The van der Waals surface area contributed by atoms with Crippen LogP contribution in [-0.4, -0.2) is 79.1 Å². The Morgan fingerprint density at radius 3 is 2.30 bits per heavy atom. The van der Waals surface area contributed by atoms with E-state index in [1.165, 1.54) is 6.07 Å². The second-order valence-electron chi connectivity index (χ2n) is 14.1. The first kappa shape index (κ1) is 34.8. The molecule has 242 valence electrons. The number of nitrogens with zero attached hydrogens (tertiary/aromatic N) is 1. The molecule has 1 saturated carbocycles. The lowest BCUT2D eigenvalue weighted by molar-refractivity contribution is -0.157. The Balaban J connectivity index is 1.65. The van der Waals surface area contributed by atoms with Gasteiger partial charge in [-0.2, -0.15) is 0 Å². The fourth-order valence-electron chi connectivity index (χ4n) is 6.24. The predicted molar refractivity (Wildman–Crippen MR) is 160 cm³/mol. The van der Waals surface area contributed by atoms with E-state index in [1.807, 2.05) is 27.7 Å². The van der Waals surface area contributed by atoms with Crippen molar-refractivity contribution < 1.29 is 42.5 Å². The molecule has 3 rings (SSSR count). The number of hydrogen-bond donors (Lipinski definition) is 0. The SMILES string of the molecule is C[C@@H]1CC(C)(COCC=O)C(COC2CCC(c3c(F)cccc3OCC(=O)OC(C)(C)C)CC2)N1C(=O)OC(C)(C)C. The van der Waals surface area contributed by atoms with Gasteiger partial charge in [0, 0.05) is 17.0 Å². The van der Waals surface area contributed by atoms with E-state index in [-0.39, 0.29) is 43.1 Å². The van der Waals surface area contributed by atoms with Gasteiger partial charge in [-0.15, -0.1) is 0 Å². The molecule has 10 heteroatoms. The van der Waals surface area contributed by atoms with Crippen LogP contribution in [0.4, 0.5) is 9.18 Å². The quantitative estimate of drug-likeness (QED) is 0.166. The first-order chi connectivity index (χ1) is 20.0. The summed E-state index contributed by atoms with van der Waals surface area (Å²) in [5.41, 5.74) is -1.23. The largest absolute Gasteiger partial charge is 0.482 e. The van der Waals surface area contributed by atoms with E-state index >= 15 is 4.39 Å². The normalized spacial score (nSPS) is 26.2. The highest BCUT2D eigenvalue weighted by atomic mass is 19.1. The fourth-order valence-corrected chi connectivity index (χ4v) is 6.24. The summed E-state index contributed by atoms with van der Waals surface area (Å²) >= 11 is 0. The monoisotopic (exact) mass is 607 g/mol. The van der Waals surface area contributed by atoms with Crippen LogP contribution < -0.4 is 4.74 Å². The number of aldehydes is 1. The number of carbonyl (C=O) groups is 3. The van der Waals surface area contributed by atoms with Crippen molar-refractivity contribution in [3.05, 3.63) is 29.6 Å². The van der Waals surface area contributed by atoms with Gasteiger partial charge >= 0.3 is 12.1 Å². The van der Waals surface area contributed by atoms with Crippen LogP contribution in [-0.2, 0) is 28.5 Å². The van der Waals surface area contributed by atoms with E-state index in [9.17, 15) is 14.4 Å². The predicted octanol–water partition coefficient (Wildman–Crippen LogP) is 6.21. The number of benzene rings is 1. The molecule has 0 aromatic heterocycles. The average Bonchev–Trinajstić information content (AvgIpc) is 3.14. The fraction of sp³-hybridized carbons (Fsp3) is 0.727. The zero-order chi connectivity index (χ0) is 32.0. The molecule has 1 amide bonds. The van der Waals surface area contributed by atoms with Gasteiger partial charge in [-0.05, 0) is 98.6 Å². The summed E-state index contributed by atoms with van der Waals surface area (Å²) in [5, 5.41) is 0. The van der Waals surface area contributed by atoms with Gasteiger partial charge in [0.1, 0.15) is 35.7 Å². The lowest BCUT2D eigenvalue weighted by Crippen LogP contribution is -2.50. The van der Waals surface area contributed by atoms with Crippen LogP contribution in [0.3, 0.4) is 0 Å². The number of ether oxygens (including phenoxy) is 5. The lowest BCUT2D eigenvalue weighted by atomic mass is 9.81. The maximum Gasteiger partial charge on any atom is 0.410 e. The molecule has 43 heavy (non-hydrogen) atoms. The van der Waals surface area contributed by atoms with Crippen molar-refractivity contribution in [3.8, 4) is 5.75 Å². The molecule has 2 aliphatic rings. The molecule has 0 spiro atoms. The highest BCUT2D eigenvalue weighted by molar-refractivity contribution is 5.71. The highest BCUT2D eigenvalue weighted by Crippen LogP contribution is 2.43. The van der Waals surface area contributed by atoms with Gasteiger partial charge in [0.15, 0.2) is 6.61 Å². The third-order valence-corrected chi connectivity index (χ3v) is 7.95. The molecule has 2 fully saturated rings. The van der Waals surface area contributed by atoms with Crippen LogP contribution in [0.1, 0.15) is 99.0 Å². The van der Waals surface area contributed by atoms with Crippen molar-refractivity contribution in [2.24, 2.45) is 5.41 Å². The minimum absolute atomic E-state index is 0.00643. The van der Waals surface area contributed by atoms with E-state index in [0.717, 1.165) is 6.29 Å². The van der Waals surface area contributed by atoms with Crippen LogP contribution in [0.5, 0.6) is 5.75 Å². The second kappa shape index (κ2) is 14.4. The molecule has 1 aromatic rings. The topological polar surface area (TPSA) is 101 Å². The Labute approximate surface area is 255 Å². The molecule has 2 unspecified atom stereocenters. The number of carbonyl (C=O) groups excluding carboxylic acids is 3. The van der Waals surface area contributed by atoms with Crippen molar-refractivity contribution in [1.82, 2.24) is 4.90 Å². The lowest BCUT2D eigenvalue weighted by Gasteiger charge is -2.38. The third-order valence-electron chi connectivity index (χ3n) is 7.95. The maximum atomic E-state index is 15.1. The summed E-state index contributed by atoms with van der Waals surface area (Å²) in [6, 6.07) is 4.28. The van der Waals surface area contributed by atoms with E-state index in [2.05, 4.69) is 6.92 Å². The summed E-state index contributed by atoms with van der Waals surface area (Å²) in [7, 11) is 0. The zero-order valence-electron chi connectivity index (χ0n) is 27.1. The Hall–Kier alpha value is -2.72. The van der Waals surface area contributed by atoms with E-state index in [0.29, 0.717) is 56.6 Å². The number of likely N-dealkylation sites (tertiary alicyclic amines) is 1. The minimum atomic E-state index is -0.643. The van der Waals surface area contributed by atoms with E-state index < -0.39 is 28.7 Å². The molecule has 0 bridgehead atoms. The number of hydrogen-bond acceptors (Lipinski definition) is 8. The van der Waals surface area contributed by atoms with Gasteiger partial charge in [-0.1, -0.05) is 13.0 Å². The van der Waals surface area contributed by atoms with Crippen molar-refractivity contribution >= 4 is 18.3 Å². The molecule has 3 atom stereocenters. The number of esters is 1. The van der Waals surface area contributed by atoms with Crippen molar-refractivity contribution in [2.45, 2.75) is 123 Å². The van der Waals surface area contributed by atoms with Crippen molar-refractivity contribution in [3.63, 3.8) is 0 Å². The summed E-state index contributed by atoms with van der Waals surface area (Å²) in [5.74, 6) is -0.592. The van der Waals surface area contributed by atoms with Gasteiger partial charge in [0.25, 0.3) is 0 Å². The van der Waals surface area contributed by atoms with E-state index in [4.69, 9.17) is 23.7 Å². The van der Waals surface area contributed by atoms with E-state index in [1.54, 1.807) is 37.8 Å². The Morgan fingerprint density at radius 2 is 1.70 bits per heavy atom. The van der Waals surface area contributed by atoms with Gasteiger partial charge in [-0.3, -0.25) is 4.90 Å². The Bertz CT molecular complexity index is 1110. The van der Waals surface area contributed by atoms with Crippen LogP contribution in [0.15, 0.2) is 18.2 Å². The average molecular weight is 608 g/mol. The summed E-state index contributed by atoms with van der Waals surface area (Å²) in [6.45, 7) is 15.2. The molecule has 0 radical (unpaired) electrons. The summed E-state index contributed by atoms with van der Waals surface area (Å²) in [6.07, 6.45) is 3.73. The Morgan fingerprint density at radius 1 is 1.05 bits per heavy atom. The first-order valence-electron chi connectivity index (χ1n) is 15.3. The smallest absolute Gasteiger partial charge is 0.410 e. The number of halogens is 1. The standard InChI is InChI=1S/C33H50FNO8/c1-22-18-33(8,21-39-17-16-36)27(35(22)30(38)43-32(5,6)7)19-40-24-14-12-23(13-15-24)29-25(34)10-9-11-26(29)41-20-28(37)42-31(2,3)4/h9-11,16,22-24,27H,12-15,17-21H2,1-8H3/t22-,23?,24?,27?,33?/m1/s1. The van der Waals surface area contributed by atoms with Crippen molar-refractivity contribution in [1.29, 1.82) is 0 Å². The van der Waals surface area contributed by atoms with Gasteiger partial charge in [0.05, 0.1) is 25.4 Å². The molecule has 0 N–H and O–H groups in total. The number of amides is 1. The molecule has 1 saturated heterocycles. The van der Waals surface area contributed by atoms with Gasteiger partial charge in [0.2, 0.25) is 0 Å². The van der Waals surface area contributed by atoms with Crippen LogP contribution in [0, 0.1) is 11.2 Å². The minimum Gasteiger partial charge on any atom is -0.482 e. The van der Waals surface area contributed by atoms with Gasteiger partial charge < -0.3 is 28.5 Å². The molecule has 9 nitrogen and oxygen atoms in total. The molecule has 1 aliphatic carbocycles.